The number of nitrogens with zero attached hydrogens (tertiary/aromatic N) is 5. The lowest BCUT2D eigenvalue weighted by Gasteiger charge is -2.35. The van der Waals surface area contributed by atoms with Crippen molar-refractivity contribution in [1.29, 1.82) is 0 Å². The average molecular weight is 612 g/mol. The minimum absolute atomic E-state index is 0.117. The molecule has 1 aliphatic rings. The molecule has 3 heterocycles. The molecular weight excluding hydrogens is 570 g/mol. The van der Waals surface area contributed by atoms with Gasteiger partial charge in [0.05, 0.1) is 21.8 Å². The topological polar surface area (TPSA) is 99.2 Å². The normalized spacial score (nSPS) is 14.9. The Balaban J connectivity index is 1.06. The molecule has 1 aliphatic heterocycles. The lowest BCUT2D eigenvalue weighted by atomic mass is 9.87. The first-order chi connectivity index (χ1) is 21.1. The van der Waals surface area contributed by atoms with Crippen LogP contribution < -0.4 is 9.62 Å². The van der Waals surface area contributed by atoms with Gasteiger partial charge in [0.1, 0.15) is 17.2 Å². The van der Waals surface area contributed by atoms with Crippen LogP contribution >= 0.6 is 0 Å². The van der Waals surface area contributed by atoms with Crippen LogP contribution in [0.1, 0.15) is 37.9 Å². The van der Waals surface area contributed by atoms with Crippen molar-refractivity contribution < 1.29 is 8.42 Å². The smallest absolute Gasteiger partial charge is 0.240 e. The molecule has 5 aromatic rings. The molecule has 0 spiro atoms. The van der Waals surface area contributed by atoms with E-state index in [1.54, 1.807) is 30.3 Å². The molecule has 0 unspecified atom stereocenters. The molecule has 1 fully saturated rings. The summed E-state index contributed by atoms with van der Waals surface area (Å²) in [4.78, 5) is 18.5. The van der Waals surface area contributed by atoms with Crippen molar-refractivity contribution in [3.8, 4) is 11.4 Å². The fourth-order valence-electron chi connectivity index (χ4n) is 5.77. The van der Waals surface area contributed by atoms with Crippen molar-refractivity contribution in [2.45, 2.75) is 51.1 Å². The van der Waals surface area contributed by atoms with Crippen molar-refractivity contribution in [1.82, 2.24) is 29.1 Å². The number of benzene rings is 3. The lowest BCUT2D eigenvalue weighted by molar-refractivity contribution is 0.247. The fourth-order valence-corrected chi connectivity index (χ4v) is 6.82. The van der Waals surface area contributed by atoms with Gasteiger partial charge in [-0.3, -0.25) is 4.90 Å². The van der Waals surface area contributed by atoms with E-state index in [2.05, 4.69) is 82.7 Å². The second kappa shape index (κ2) is 12.2. The third-order valence-corrected chi connectivity index (χ3v) is 9.82. The summed E-state index contributed by atoms with van der Waals surface area (Å²) in [6.45, 7) is 13.9. The maximum atomic E-state index is 12.5. The Morgan fingerprint density at radius 1 is 0.886 bits per heavy atom. The largest absolute Gasteiger partial charge is 0.367 e. The molecule has 10 heteroatoms. The zero-order chi connectivity index (χ0) is 30.9. The van der Waals surface area contributed by atoms with Gasteiger partial charge in [-0.2, -0.15) is 0 Å². The summed E-state index contributed by atoms with van der Waals surface area (Å²) in [5.74, 6) is 1.77. The number of aromatic nitrogens is 4. The molecule has 44 heavy (non-hydrogen) atoms. The van der Waals surface area contributed by atoms with Crippen molar-refractivity contribution in [3.63, 3.8) is 0 Å². The van der Waals surface area contributed by atoms with Crippen LogP contribution in [0.2, 0.25) is 0 Å². The third-order valence-electron chi connectivity index (χ3n) is 8.34. The Kier molecular flexibility index (Phi) is 8.32. The molecular formula is C34H41N7O2S. The van der Waals surface area contributed by atoms with E-state index in [9.17, 15) is 8.42 Å². The van der Waals surface area contributed by atoms with Gasteiger partial charge in [0.25, 0.3) is 0 Å². The number of aryl methyl sites for hydroxylation is 1. The summed E-state index contributed by atoms with van der Waals surface area (Å²) in [7, 11) is -3.52. The number of sulfonamides is 1. The molecule has 2 N–H and O–H groups in total. The number of para-hydroxylation sites is 1. The van der Waals surface area contributed by atoms with Gasteiger partial charge in [-0.05, 0) is 42.2 Å². The number of rotatable bonds is 9. The van der Waals surface area contributed by atoms with Gasteiger partial charge in [0, 0.05) is 57.6 Å². The fraction of sp³-hybridized carbons (Fsp3) is 0.353. The number of aromatic amines is 1. The van der Waals surface area contributed by atoms with Gasteiger partial charge in [-0.25, -0.2) is 23.1 Å². The maximum Gasteiger partial charge on any atom is 0.240 e. The maximum absolute atomic E-state index is 12.5. The molecule has 0 aliphatic carbocycles. The molecule has 1 saturated heterocycles. The first-order valence-electron chi connectivity index (χ1n) is 15.2. The predicted molar refractivity (Wildman–Crippen MR) is 176 cm³/mol. The number of fused-ring (bicyclic) bond motifs is 1. The van der Waals surface area contributed by atoms with Gasteiger partial charge in [0.2, 0.25) is 10.0 Å². The second-order valence-corrected chi connectivity index (χ2v) is 14.3. The van der Waals surface area contributed by atoms with Crippen LogP contribution in [0.15, 0.2) is 83.9 Å². The van der Waals surface area contributed by atoms with Crippen molar-refractivity contribution in [2.24, 2.45) is 0 Å². The highest BCUT2D eigenvalue weighted by Gasteiger charge is 2.22. The molecule has 6 rings (SSSR count). The van der Waals surface area contributed by atoms with Crippen molar-refractivity contribution in [2.75, 3.05) is 37.6 Å². The zero-order valence-corrected chi connectivity index (χ0v) is 26.7. The van der Waals surface area contributed by atoms with Crippen LogP contribution in [0.25, 0.3) is 22.4 Å². The molecule has 0 atom stereocenters. The van der Waals surface area contributed by atoms with Crippen LogP contribution in [0, 0.1) is 6.92 Å². The third kappa shape index (κ3) is 6.57. The first kappa shape index (κ1) is 30.1. The Labute approximate surface area is 260 Å². The van der Waals surface area contributed by atoms with E-state index in [4.69, 9.17) is 9.97 Å². The van der Waals surface area contributed by atoms with Crippen LogP contribution in [-0.2, 0) is 28.5 Å². The molecule has 0 bridgehead atoms. The van der Waals surface area contributed by atoms with Gasteiger partial charge in [0.15, 0.2) is 0 Å². The van der Waals surface area contributed by atoms with E-state index < -0.39 is 10.0 Å². The van der Waals surface area contributed by atoms with Crippen molar-refractivity contribution in [3.05, 3.63) is 96.1 Å². The standard InChI is InChI=1S/C34H41N7O2S/c1-25-36-28(24-41(25)18-17-35-44(42,43)29-9-6-5-7-10-29)23-39-19-21-40(22-20-39)31-12-8-11-30-32(31)38-33(37-30)26-13-15-27(16-14-26)34(2,3)4/h5-16,24,35H,17-23H2,1-4H3,(H,37,38). The van der Waals surface area contributed by atoms with E-state index in [0.717, 1.165) is 72.4 Å². The quantitative estimate of drug-likeness (QED) is 0.234. The summed E-state index contributed by atoms with van der Waals surface area (Å²) in [6, 6.07) is 23.5. The van der Waals surface area contributed by atoms with Gasteiger partial charge >= 0.3 is 0 Å². The number of hydrogen-bond donors (Lipinski definition) is 2. The van der Waals surface area contributed by atoms with E-state index in [1.165, 1.54) is 5.56 Å². The highest BCUT2D eigenvalue weighted by atomic mass is 32.2. The molecule has 230 valence electrons. The summed E-state index contributed by atoms with van der Waals surface area (Å²) >= 11 is 0. The SMILES string of the molecule is Cc1nc(CN2CCN(c3cccc4[nH]c(-c5ccc(C(C)(C)C)cc5)nc34)CC2)cn1CCNS(=O)(=O)c1ccccc1. The van der Waals surface area contributed by atoms with E-state index in [1.807, 2.05) is 17.7 Å². The zero-order valence-electron chi connectivity index (χ0n) is 25.9. The van der Waals surface area contributed by atoms with Gasteiger partial charge in [-0.15, -0.1) is 0 Å². The van der Waals surface area contributed by atoms with Gasteiger partial charge in [-0.1, -0.05) is 69.3 Å². The number of H-pyrrole nitrogens is 1. The van der Waals surface area contributed by atoms with E-state index in [0.29, 0.717) is 13.1 Å². The van der Waals surface area contributed by atoms with E-state index >= 15 is 0 Å². The van der Waals surface area contributed by atoms with Crippen molar-refractivity contribution >= 4 is 26.7 Å². The molecule has 9 nitrogen and oxygen atoms in total. The van der Waals surface area contributed by atoms with Crippen LogP contribution in [0.4, 0.5) is 5.69 Å². The number of hydrogen-bond acceptors (Lipinski definition) is 6. The molecule has 0 radical (unpaired) electrons. The Morgan fingerprint density at radius 2 is 1.61 bits per heavy atom. The number of nitrogens with one attached hydrogen (secondary N) is 2. The molecule has 2 aromatic heterocycles. The summed E-state index contributed by atoms with van der Waals surface area (Å²) < 4.78 is 29.8. The summed E-state index contributed by atoms with van der Waals surface area (Å²) in [5.41, 5.74) is 6.73. The van der Waals surface area contributed by atoms with Crippen LogP contribution in [0.5, 0.6) is 0 Å². The first-order valence-corrected chi connectivity index (χ1v) is 16.7. The Hall–Kier alpha value is -3.99. The van der Waals surface area contributed by atoms with E-state index in [-0.39, 0.29) is 10.3 Å². The van der Waals surface area contributed by atoms with Crippen LogP contribution in [-0.4, -0.2) is 65.6 Å². The highest BCUT2D eigenvalue weighted by molar-refractivity contribution is 7.89. The number of imidazole rings is 2. The van der Waals surface area contributed by atoms with Crippen LogP contribution in [0.3, 0.4) is 0 Å². The monoisotopic (exact) mass is 611 g/mol. The average Bonchev–Trinajstić information content (AvgIpc) is 3.60. The lowest BCUT2D eigenvalue weighted by Crippen LogP contribution is -2.46. The molecule has 3 aromatic carbocycles. The number of piperazine rings is 1. The summed E-state index contributed by atoms with van der Waals surface area (Å²) in [5, 5.41) is 0. The molecule has 0 amide bonds. The Bertz CT molecular complexity index is 1830. The minimum Gasteiger partial charge on any atom is -0.367 e. The second-order valence-electron chi connectivity index (χ2n) is 12.5. The highest BCUT2D eigenvalue weighted by Crippen LogP contribution is 2.30. The minimum atomic E-state index is -3.52. The number of anilines is 1. The van der Waals surface area contributed by atoms with Gasteiger partial charge < -0.3 is 14.5 Å². The molecule has 0 saturated carbocycles. The Morgan fingerprint density at radius 3 is 2.32 bits per heavy atom. The predicted octanol–water partition coefficient (Wildman–Crippen LogP) is 5.33. The summed E-state index contributed by atoms with van der Waals surface area (Å²) in [6.07, 6.45) is 2.04.